The molecule has 0 fully saturated rings. The third kappa shape index (κ3) is 4.37. The maximum Gasteiger partial charge on any atom is 0.269 e. The molecule has 8 nitrogen and oxygen atoms in total. The minimum absolute atomic E-state index is 0.00737. The molecule has 2 aliphatic carbocycles. The largest absolute Gasteiger partial charge is 0.493 e. The van der Waals surface area contributed by atoms with Gasteiger partial charge in [0.1, 0.15) is 18.1 Å². The first-order valence-electron chi connectivity index (χ1n) is 11.8. The fourth-order valence-electron chi connectivity index (χ4n) is 5.07. The molecule has 0 saturated heterocycles. The Kier molecular flexibility index (Phi) is 6.53. The minimum atomic E-state index is -0.556. The second kappa shape index (κ2) is 9.78. The van der Waals surface area contributed by atoms with Gasteiger partial charge in [0.05, 0.1) is 17.1 Å². The average Bonchev–Trinajstić information content (AvgIpc) is 2.87. The molecule has 0 spiro atoms. The molecule has 0 amide bonds. The maximum absolute atomic E-state index is 13.0. The molecular weight excluding hydrogens is 486 g/mol. The summed E-state index contributed by atoms with van der Waals surface area (Å²) in [5.74, 6) is 1.39. The van der Waals surface area contributed by atoms with Gasteiger partial charge in [0, 0.05) is 54.9 Å². The lowest BCUT2D eigenvalue weighted by Gasteiger charge is -2.36. The Morgan fingerprint density at radius 2 is 1.61 bits per heavy atom. The van der Waals surface area contributed by atoms with Gasteiger partial charge in [0.15, 0.2) is 23.1 Å². The number of nitro groups is 1. The highest BCUT2D eigenvalue weighted by atomic mass is 35.5. The normalized spacial score (nSPS) is 17.9. The second-order valence-corrected chi connectivity index (χ2v) is 9.42. The number of carbonyl (C=O) groups excluding carboxylic acids is 2. The first-order valence-corrected chi connectivity index (χ1v) is 12.2. The predicted molar refractivity (Wildman–Crippen MR) is 131 cm³/mol. The highest BCUT2D eigenvalue weighted by Crippen LogP contribution is 2.50. The number of hydrogen-bond acceptors (Lipinski definition) is 7. The first kappa shape index (κ1) is 24.1. The van der Waals surface area contributed by atoms with Crippen LogP contribution in [0.3, 0.4) is 0 Å². The molecule has 0 saturated carbocycles. The van der Waals surface area contributed by atoms with Gasteiger partial charge in [-0.15, -0.1) is 0 Å². The third-order valence-electron chi connectivity index (χ3n) is 6.76. The fourth-order valence-corrected chi connectivity index (χ4v) is 5.34. The molecule has 0 unspecified atom stereocenters. The Labute approximate surface area is 212 Å². The minimum Gasteiger partial charge on any atom is -0.493 e. The molecule has 5 rings (SSSR count). The van der Waals surface area contributed by atoms with Crippen molar-refractivity contribution in [2.45, 2.75) is 51.0 Å². The molecule has 9 heteroatoms. The Morgan fingerprint density at radius 1 is 1.00 bits per heavy atom. The Bertz CT molecular complexity index is 1280. The van der Waals surface area contributed by atoms with E-state index < -0.39 is 10.8 Å². The zero-order chi connectivity index (χ0) is 25.4. The number of hydrogen-bond donors (Lipinski definition) is 0. The van der Waals surface area contributed by atoms with Crippen LogP contribution in [-0.2, 0) is 20.9 Å². The molecular formula is C27H24ClNO7. The lowest BCUT2D eigenvalue weighted by atomic mass is 9.73. The van der Waals surface area contributed by atoms with Gasteiger partial charge in [0.25, 0.3) is 5.69 Å². The summed E-state index contributed by atoms with van der Waals surface area (Å²) in [7, 11) is 1.49. The first-order chi connectivity index (χ1) is 17.4. The van der Waals surface area contributed by atoms with Crippen molar-refractivity contribution in [1.82, 2.24) is 0 Å². The molecule has 0 radical (unpaired) electrons. The van der Waals surface area contributed by atoms with E-state index >= 15 is 0 Å². The number of methoxy groups -OCH3 is 1. The summed E-state index contributed by atoms with van der Waals surface area (Å²) in [4.78, 5) is 36.5. The van der Waals surface area contributed by atoms with Gasteiger partial charge in [-0.3, -0.25) is 19.7 Å². The summed E-state index contributed by atoms with van der Waals surface area (Å²) in [6.45, 7) is 0.117. The molecule has 2 aromatic carbocycles. The zero-order valence-electron chi connectivity index (χ0n) is 19.7. The van der Waals surface area contributed by atoms with Crippen LogP contribution < -0.4 is 9.47 Å². The Hall–Kier alpha value is -3.65. The van der Waals surface area contributed by atoms with Gasteiger partial charge < -0.3 is 14.2 Å². The Balaban J connectivity index is 1.51. The SMILES string of the molecule is COc1cc(C2C3=C(CCCC3=O)OC3=C2C(=O)CCC3)cc(Cl)c1OCc1ccc([N+](=O)[O-])cc1. The lowest BCUT2D eigenvalue weighted by molar-refractivity contribution is -0.384. The lowest BCUT2D eigenvalue weighted by Crippen LogP contribution is -2.30. The number of rotatable bonds is 6. The van der Waals surface area contributed by atoms with Gasteiger partial charge in [-0.25, -0.2) is 0 Å². The van der Waals surface area contributed by atoms with E-state index in [-0.39, 0.29) is 28.9 Å². The van der Waals surface area contributed by atoms with Crippen LogP contribution in [0, 0.1) is 10.1 Å². The number of nitro benzene ring substituents is 1. The highest BCUT2D eigenvalue weighted by Gasteiger charge is 2.42. The van der Waals surface area contributed by atoms with Gasteiger partial charge >= 0.3 is 0 Å². The molecule has 2 aromatic rings. The number of carbonyl (C=O) groups is 2. The molecule has 0 atom stereocenters. The number of Topliss-reactive ketones (excluding diaryl/α,β-unsaturated/α-hetero) is 2. The molecule has 1 aliphatic heterocycles. The quantitative estimate of drug-likeness (QED) is 0.349. The van der Waals surface area contributed by atoms with E-state index in [0.29, 0.717) is 65.4 Å². The summed E-state index contributed by atoms with van der Waals surface area (Å²) >= 11 is 6.66. The predicted octanol–water partition coefficient (Wildman–Crippen LogP) is 5.96. The van der Waals surface area contributed by atoms with Gasteiger partial charge in [-0.2, -0.15) is 0 Å². The van der Waals surface area contributed by atoms with Crippen LogP contribution in [-0.4, -0.2) is 23.6 Å². The van der Waals surface area contributed by atoms with Crippen LogP contribution in [0.2, 0.25) is 5.02 Å². The van der Waals surface area contributed by atoms with Crippen LogP contribution in [0.1, 0.15) is 55.6 Å². The van der Waals surface area contributed by atoms with Crippen molar-refractivity contribution in [3.05, 3.63) is 85.3 Å². The van der Waals surface area contributed by atoms with E-state index in [1.807, 2.05) is 0 Å². The number of benzene rings is 2. The van der Waals surface area contributed by atoms with Crippen LogP contribution in [0.25, 0.3) is 0 Å². The molecule has 36 heavy (non-hydrogen) atoms. The van der Waals surface area contributed by atoms with Crippen molar-refractivity contribution >= 4 is 28.9 Å². The van der Waals surface area contributed by atoms with E-state index in [0.717, 1.165) is 18.4 Å². The molecule has 3 aliphatic rings. The van der Waals surface area contributed by atoms with E-state index in [1.165, 1.54) is 19.2 Å². The zero-order valence-corrected chi connectivity index (χ0v) is 20.4. The Morgan fingerprint density at radius 3 is 2.17 bits per heavy atom. The van der Waals surface area contributed by atoms with Gasteiger partial charge in [-0.05, 0) is 48.2 Å². The molecule has 0 bridgehead atoms. The summed E-state index contributed by atoms with van der Waals surface area (Å²) in [6, 6.07) is 9.51. The number of ketones is 2. The van der Waals surface area contributed by atoms with E-state index in [2.05, 4.69) is 0 Å². The van der Waals surface area contributed by atoms with Crippen molar-refractivity contribution in [3.8, 4) is 11.5 Å². The number of halogens is 1. The molecule has 1 heterocycles. The monoisotopic (exact) mass is 509 g/mol. The fraction of sp³-hybridized carbons (Fsp3) is 0.333. The smallest absolute Gasteiger partial charge is 0.269 e. The maximum atomic E-state index is 13.0. The van der Waals surface area contributed by atoms with Gasteiger partial charge in [-0.1, -0.05) is 11.6 Å². The molecule has 186 valence electrons. The summed E-state index contributed by atoms with van der Waals surface area (Å²) in [6.07, 6.45) is 3.59. The molecule has 0 N–H and O–H groups in total. The number of non-ortho nitro benzene ring substituents is 1. The third-order valence-corrected chi connectivity index (χ3v) is 7.04. The van der Waals surface area contributed by atoms with Crippen LogP contribution in [0.4, 0.5) is 5.69 Å². The number of allylic oxidation sites excluding steroid dienone is 4. The summed E-state index contributed by atoms with van der Waals surface area (Å²) in [5, 5.41) is 11.2. The van der Waals surface area contributed by atoms with Crippen molar-refractivity contribution in [3.63, 3.8) is 0 Å². The highest BCUT2D eigenvalue weighted by molar-refractivity contribution is 6.32. The van der Waals surface area contributed by atoms with Crippen LogP contribution in [0.5, 0.6) is 11.5 Å². The summed E-state index contributed by atoms with van der Waals surface area (Å²) < 4.78 is 17.6. The van der Waals surface area contributed by atoms with Crippen LogP contribution >= 0.6 is 11.6 Å². The number of nitrogens with zero attached hydrogens (tertiary/aromatic N) is 1. The van der Waals surface area contributed by atoms with Crippen molar-refractivity contribution in [2.24, 2.45) is 0 Å². The van der Waals surface area contributed by atoms with E-state index in [9.17, 15) is 19.7 Å². The summed E-state index contributed by atoms with van der Waals surface area (Å²) in [5.41, 5.74) is 2.46. The second-order valence-electron chi connectivity index (χ2n) is 9.01. The van der Waals surface area contributed by atoms with Crippen molar-refractivity contribution in [1.29, 1.82) is 0 Å². The van der Waals surface area contributed by atoms with Crippen molar-refractivity contribution < 1.29 is 28.7 Å². The standard InChI is InChI=1S/C27H24ClNO7/c1-34-23-13-16(12-18(28)27(23)35-14-15-8-10-17(11-9-15)29(32)33)24-25-19(30)4-2-6-21(25)36-22-7-3-5-20(31)26(22)24/h8-13,24H,2-7,14H2,1H3. The van der Waals surface area contributed by atoms with E-state index in [1.54, 1.807) is 24.3 Å². The van der Waals surface area contributed by atoms with Gasteiger partial charge in [0.2, 0.25) is 0 Å². The topological polar surface area (TPSA) is 105 Å². The molecule has 0 aromatic heterocycles. The van der Waals surface area contributed by atoms with Crippen molar-refractivity contribution in [2.75, 3.05) is 7.11 Å². The van der Waals surface area contributed by atoms with Crippen LogP contribution in [0.15, 0.2) is 59.1 Å². The number of ether oxygens (including phenoxy) is 3. The van der Waals surface area contributed by atoms with E-state index in [4.69, 9.17) is 25.8 Å². The average molecular weight is 510 g/mol.